The van der Waals surface area contributed by atoms with Crippen molar-refractivity contribution in [2.75, 3.05) is 6.54 Å². The van der Waals surface area contributed by atoms with Crippen molar-refractivity contribution >= 4 is 5.91 Å². The molecule has 3 aliphatic rings. The van der Waals surface area contributed by atoms with E-state index in [9.17, 15) is 4.79 Å². The average Bonchev–Trinajstić information content (AvgIpc) is 2.84. The first kappa shape index (κ1) is 15.1. The Morgan fingerprint density at radius 1 is 1.29 bits per heavy atom. The SMILES string of the molecule is CCCN(C(=O)CC1=CCCCC1)C1CC2CCC(C1)N2. The summed E-state index contributed by atoms with van der Waals surface area (Å²) in [6.07, 6.45) is 13.9. The Kier molecular flexibility index (Phi) is 4.99. The van der Waals surface area contributed by atoms with Gasteiger partial charge in [0.05, 0.1) is 0 Å². The normalized spacial score (nSPS) is 31.9. The molecule has 2 unspecified atom stereocenters. The van der Waals surface area contributed by atoms with Crippen LogP contribution in [0.15, 0.2) is 11.6 Å². The predicted molar refractivity (Wildman–Crippen MR) is 86.1 cm³/mol. The molecule has 1 N–H and O–H groups in total. The van der Waals surface area contributed by atoms with Crippen molar-refractivity contribution in [3.8, 4) is 0 Å². The third-order valence-corrected chi connectivity index (χ3v) is 5.44. The van der Waals surface area contributed by atoms with Crippen LogP contribution < -0.4 is 5.32 Å². The predicted octanol–water partition coefficient (Wildman–Crippen LogP) is 3.40. The van der Waals surface area contributed by atoms with Gasteiger partial charge in [-0.1, -0.05) is 18.6 Å². The van der Waals surface area contributed by atoms with Crippen LogP contribution in [-0.2, 0) is 4.79 Å². The van der Waals surface area contributed by atoms with Crippen LogP contribution in [0.25, 0.3) is 0 Å². The van der Waals surface area contributed by atoms with Crippen molar-refractivity contribution < 1.29 is 4.79 Å². The second-order valence-electron chi connectivity index (χ2n) is 7.14. The highest BCUT2D eigenvalue weighted by Gasteiger charge is 2.37. The van der Waals surface area contributed by atoms with Gasteiger partial charge in [0, 0.05) is 31.1 Å². The molecule has 2 saturated heterocycles. The monoisotopic (exact) mass is 290 g/mol. The molecule has 2 heterocycles. The Morgan fingerprint density at radius 3 is 2.67 bits per heavy atom. The molecule has 0 aromatic heterocycles. The molecule has 2 atom stereocenters. The second-order valence-corrected chi connectivity index (χ2v) is 7.14. The van der Waals surface area contributed by atoms with Crippen molar-refractivity contribution in [2.24, 2.45) is 0 Å². The molecule has 0 aromatic carbocycles. The molecule has 0 saturated carbocycles. The number of fused-ring (bicyclic) bond motifs is 2. The minimum atomic E-state index is 0.385. The molecule has 3 rings (SSSR count). The molecule has 1 amide bonds. The maximum atomic E-state index is 12.8. The van der Waals surface area contributed by atoms with Gasteiger partial charge in [0.2, 0.25) is 5.91 Å². The van der Waals surface area contributed by atoms with Gasteiger partial charge in [-0.15, -0.1) is 0 Å². The molecule has 0 spiro atoms. The van der Waals surface area contributed by atoms with Crippen LogP contribution in [-0.4, -0.2) is 35.5 Å². The molecule has 1 aliphatic carbocycles. The number of hydrogen-bond acceptors (Lipinski definition) is 2. The highest BCUT2D eigenvalue weighted by atomic mass is 16.2. The molecule has 3 heteroatoms. The zero-order chi connectivity index (χ0) is 14.7. The van der Waals surface area contributed by atoms with E-state index in [-0.39, 0.29) is 0 Å². The maximum Gasteiger partial charge on any atom is 0.226 e. The Labute approximate surface area is 129 Å². The van der Waals surface area contributed by atoms with Gasteiger partial charge >= 0.3 is 0 Å². The van der Waals surface area contributed by atoms with E-state index < -0.39 is 0 Å². The van der Waals surface area contributed by atoms with E-state index >= 15 is 0 Å². The summed E-state index contributed by atoms with van der Waals surface area (Å²) in [4.78, 5) is 15.0. The lowest BCUT2D eigenvalue weighted by Crippen LogP contribution is -2.50. The van der Waals surface area contributed by atoms with Gasteiger partial charge in [0.1, 0.15) is 0 Å². The van der Waals surface area contributed by atoms with Crippen LogP contribution in [0, 0.1) is 0 Å². The standard InChI is InChI=1S/C18H30N2O/c1-2-10-20(17-12-15-8-9-16(13-17)19-15)18(21)11-14-6-4-3-5-7-14/h6,15-17,19H,2-5,7-13H2,1H3. The number of hydrogen-bond donors (Lipinski definition) is 1. The van der Waals surface area contributed by atoms with Crippen LogP contribution >= 0.6 is 0 Å². The summed E-state index contributed by atoms with van der Waals surface area (Å²) in [6.45, 7) is 3.13. The van der Waals surface area contributed by atoms with Gasteiger partial charge in [0.25, 0.3) is 0 Å². The summed E-state index contributed by atoms with van der Waals surface area (Å²) in [5, 5.41) is 3.69. The van der Waals surface area contributed by atoms with Crippen LogP contribution in [0.4, 0.5) is 0 Å². The van der Waals surface area contributed by atoms with Crippen molar-refractivity contribution in [3.05, 3.63) is 11.6 Å². The van der Waals surface area contributed by atoms with Crippen LogP contribution in [0.5, 0.6) is 0 Å². The van der Waals surface area contributed by atoms with Crippen molar-refractivity contribution in [3.63, 3.8) is 0 Å². The number of piperidine rings is 1. The minimum absolute atomic E-state index is 0.385. The zero-order valence-corrected chi connectivity index (χ0v) is 13.4. The largest absolute Gasteiger partial charge is 0.339 e. The van der Waals surface area contributed by atoms with Crippen molar-refractivity contribution in [1.82, 2.24) is 10.2 Å². The second kappa shape index (κ2) is 6.95. The third-order valence-electron chi connectivity index (χ3n) is 5.44. The van der Waals surface area contributed by atoms with Crippen LogP contribution in [0.3, 0.4) is 0 Å². The molecule has 21 heavy (non-hydrogen) atoms. The molecule has 2 aliphatic heterocycles. The minimum Gasteiger partial charge on any atom is -0.339 e. The first-order chi connectivity index (χ1) is 10.3. The first-order valence-corrected chi connectivity index (χ1v) is 8.99. The van der Waals surface area contributed by atoms with Gasteiger partial charge in [0.15, 0.2) is 0 Å². The number of rotatable bonds is 5. The van der Waals surface area contributed by atoms with Gasteiger partial charge in [-0.2, -0.15) is 0 Å². The topological polar surface area (TPSA) is 32.3 Å². The quantitative estimate of drug-likeness (QED) is 0.787. The maximum absolute atomic E-state index is 12.8. The summed E-state index contributed by atoms with van der Waals surface area (Å²) in [6, 6.07) is 1.81. The summed E-state index contributed by atoms with van der Waals surface area (Å²) in [5.41, 5.74) is 1.39. The van der Waals surface area contributed by atoms with Gasteiger partial charge in [-0.05, 0) is 57.8 Å². The van der Waals surface area contributed by atoms with Crippen LogP contribution in [0.1, 0.15) is 71.1 Å². The molecule has 3 nitrogen and oxygen atoms in total. The average molecular weight is 290 g/mol. The van der Waals surface area contributed by atoms with E-state index in [2.05, 4.69) is 23.2 Å². The number of carbonyl (C=O) groups is 1. The fourth-order valence-corrected chi connectivity index (χ4v) is 4.39. The number of nitrogens with zero attached hydrogens (tertiary/aromatic N) is 1. The summed E-state index contributed by atoms with van der Waals surface area (Å²) in [5.74, 6) is 0.385. The van der Waals surface area contributed by atoms with Gasteiger partial charge < -0.3 is 10.2 Å². The fourth-order valence-electron chi connectivity index (χ4n) is 4.39. The molecule has 0 radical (unpaired) electrons. The first-order valence-electron chi connectivity index (χ1n) is 8.99. The molecule has 2 fully saturated rings. The molecular weight excluding hydrogens is 260 g/mol. The van der Waals surface area contributed by atoms with Crippen LogP contribution in [0.2, 0.25) is 0 Å². The highest BCUT2D eigenvalue weighted by molar-refractivity contribution is 5.79. The molecular formula is C18H30N2O. The third kappa shape index (κ3) is 3.68. The summed E-state index contributed by atoms with van der Waals surface area (Å²) < 4.78 is 0. The van der Waals surface area contributed by atoms with Crippen molar-refractivity contribution in [2.45, 2.75) is 89.3 Å². The van der Waals surface area contributed by atoms with E-state index in [0.29, 0.717) is 30.5 Å². The molecule has 0 aromatic rings. The summed E-state index contributed by atoms with van der Waals surface area (Å²) >= 11 is 0. The fraction of sp³-hybridized carbons (Fsp3) is 0.833. The Balaban J connectivity index is 1.62. The number of amides is 1. The number of carbonyl (C=O) groups excluding carboxylic acids is 1. The van der Waals surface area contributed by atoms with Crippen molar-refractivity contribution in [1.29, 1.82) is 0 Å². The molecule has 118 valence electrons. The van der Waals surface area contributed by atoms with E-state index in [1.54, 1.807) is 0 Å². The smallest absolute Gasteiger partial charge is 0.226 e. The van der Waals surface area contributed by atoms with E-state index in [1.165, 1.54) is 50.5 Å². The van der Waals surface area contributed by atoms with E-state index in [0.717, 1.165) is 19.4 Å². The van der Waals surface area contributed by atoms with Gasteiger partial charge in [-0.3, -0.25) is 4.79 Å². The Morgan fingerprint density at radius 2 is 2.05 bits per heavy atom. The Hall–Kier alpha value is -0.830. The lowest BCUT2D eigenvalue weighted by atomic mass is 9.94. The van der Waals surface area contributed by atoms with E-state index in [1.807, 2.05) is 0 Å². The summed E-state index contributed by atoms with van der Waals surface area (Å²) in [7, 11) is 0. The highest BCUT2D eigenvalue weighted by Crippen LogP contribution is 2.31. The lowest BCUT2D eigenvalue weighted by molar-refractivity contribution is -0.133. The Bertz CT molecular complexity index is 392. The van der Waals surface area contributed by atoms with Gasteiger partial charge in [-0.25, -0.2) is 0 Å². The number of allylic oxidation sites excluding steroid dienone is 1. The zero-order valence-electron chi connectivity index (χ0n) is 13.4. The molecule has 2 bridgehead atoms. The lowest BCUT2D eigenvalue weighted by Gasteiger charge is -2.38. The number of nitrogens with one attached hydrogen (secondary N) is 1. The van der Waals surface area contributed by atoms with E-state index in [4.69, 9.17) is 0 Å².